The molecule has 2 aromatic rings. The molecule has 0 spiro atoms. The van der Waals surface area contributed by atoms with Crippen LogP contribution in [0.4, 0.5) is 0 Å². The Labute approximate surface area is 146 Å². The average Bonchev–Trinajstić information content (AvgIpc) is 3.04. The molecule has 0 fully saturated rings. The number of methoxy groups -OCH3 is 1. The van der Waals surface area contributed by atoms with Crippen molar-refractivity contribution in [2.24, 2.45) is 0 Å². The van der Waals surface area contributed by atoms with Crippen LogP contribution < -0.4 is 15.6 Å². The van der Waals surface area contributed by atoms with Crippen LogP contribution in [0.15, 0.2) is 33.7 Å². The molecule has 25 heavy (non-hydrogen) atoms. The SMILES string of the molecule is COc1cc(=O)n2c(c1C(=O)N(C)C(C)c1ccco1)CCNCC2. The van der Waals surface area contributed by atoms with Gasteiger partial charge in [-0.3, -0.25) is 9.59 Å². The van der Waals surface area contributed by atoms with E-state index in [0.717, 1.165) is 5.69 Å². The fraction of sp³-hybridized carbons (Fsp3) is 0.444. The number of amides is 1. The van der Waals surface area contributed by atoms with Crippen molar-refractivity contribution in [2.75, 3.05) is 27.2 Å². The minimum atomic E-state index is -0.233. The summed E-state index contributed by atoms with van der Waals surface area (Å²) in [5.41, 5.74) is 1.03. The number of carbonyl (C=O) groups is 1. The van der Waals surface area contributed by atoms with E-state index in [0.29, 0.717) is 43.1 Å². The molecule has 0 saturated carbocycles. The van der Waals surface area contributed by atoms with Crippen molar-refractivity contribution in [3.8, 4) is 5.75 Å². The number of hydrogen-bond donors (Lipinski definition) is 1. The molecule has 134 valence electrons. The van der Waals surface area contributed by atoms with Gasteiger partial charge in [-0.15, -0.1) is 0 Å². The highest BCUT2D eigenvalue weighted by Gasteiger charge is 2.28. The van der Waals surface area contributed by atoms with Gasteiger partial charge in [0, 0.05) is 44.9 Å². The summed E-state index contributed by atoms with van der Waals surface area (Å²) in [7, 11) is 3.21. The first kappa shape index (κ1) is 17.3. The van der Waals surface area contributed by atoms with E-state index in [-0.39, 0.29) is 17.5 Å². The van der Waals surface area contributed by atoms with Crippen molar-refractivity contribution in [1.29, 1.82) is 0 Å². The van der Waals surface area contributed by atoms with Gasteiger partial charge in [-0.2, -0.15) is 0 Å². The van der Waals surface area contributed by atoms with E-state index in [1.165, 1.54) is 13.2 Å². The number of nitrogens with one attached hydrogen (secondary N) is 1. The Balaban J connectivity index is 2.06. The molecular weight excluding hydrogens is 322 g/mol. The number of carbonyl (C=O) groups excluding carboxylic acids is 1. The van der Waals surface area contributed by atoms with Gasteiger partial charge in [0.15, 0.2) is 0 Å². The number of ether oxygens (including phenoxy) is 1. The van der Waals surface area contributed by atoms with Gasteiger partial charge in [0.25, 0.3) is 11.5 Å². The number of fused-ring (bicyclic) bond motifs is 1. The van der Waals surface area contributed by atoms with E-state index < -0.39 is 0 Å². The lowest BCUT2D eigenvalue weighted by molar-refractivity contribution is 0.0720. The average molecular weight is 345 g/mol. The largest absolute Gasteiger partial charge is 0.496 e. The topological polar surface area (TPSA) is 76.7 Å². The summed E-state index contributed by atoms with van der Waals surface area (Å²) in [5.74, 6) is 0.837. The van der Waals surface area contributed by atoms with Gasteiger partial charge in [-0.25, -0.2) is 0 Å². The first-order chi connectivity index (χ1) is 12.0. The van der Waals surface area contributed by atoms with Crippen molar-refractivity contribution in [3.63, 3.8) is 0 Å². The zero-order valence-electron chi connectivity index (χ0n) is 14.7. The Bertz CT molecular complexity index is 810. The highest BCUT2D eigenvalue weighted by atomic mass is 16.5. The van der Waals surface area contributed by atoms with Crippen LogP contribution in [0, 0.1) is 0 Å². The second-order valence-corrected chi connectivity index (χ2v) is 6.13. The minimum absolute atomic E-state index is 0.145. The maximum Gasteiger partial charge on any atom is 0.259 e. The molecule has 2 aromatic heterocycles. The van der Waals surface area contributed by atoms with E-state index in [1.807, 2.05) is 13.0 Å². The fourth-order valence-corrected chi connectivity index (χ4v) is 3.16. The predicted octanol–water partition coefficient (Wildman–Crippen LogP) is 1.43. The molecule has 0 aliphatic carbocycles. The molecule has 3 heterocycles. The maximum atomic E-state index is 13.2. The molecule has 1 atom stereocenters. The molecule has 0 radical (unpaired) electrons. The van der Waals surface area contributed by atoms with Crippen LogP contribution in [0.1, 0.15) is 34.8 Å². The number of rotatable bonds is 4. The van der Waals surface area contributed by atoms with Crippen LogP contribution >= 0.6 is 0 Å². The summed E-state index contributed by atoms with van der Waals surface area (Å²) in [6.07, 6.45) is 2.18. The first-order valence-electron chi connectivity index (χ1n) is 8.36. The molecule has 1 N–H and O–H groups in total. The molecule has 0 saturated heterocycles. The van der Waals surface area contributed by atoms with Gasteiger partial charge in [0.2, 0.25) is 0 Å². The Kier molecular flexibility index (Phi) is 4.94. The highest BCUT2D eigenvalue weighted by Crippen LogP contribution is 2.27. The molecular formula is C18H23N3O4. The Hall–Kier alpha value is -2.54. The second-order valence-electron chi connectivity index (χ2n) is 6.13. The number of furan rings is 1. The zero-order valence-corrected chi connectivity index (χ0v) is 14.7. The highest BCUT2D eigenvalue weighted by molar-refractivity contribution is 5.98. The summed E-state index contributed by atoms with van der Waals surface area (Å²) < 4.78 is 12.5. The molecule has 7 heteroatoms. The van der Waals surface area contributed by atoms with E-state index in [1.54, 1.807) is 28.8 Å². The molecule has 1 aliphatic rings. The molecule has 0 bridgehead atoms. The molecule has 7 nitrogen and oxygen atoms in total. The zero-order chi connectivity index (χ0) is 18.0. The first-order valence-corrected chi connectivity index (χ1v) is 8.36. The van der Waals surface area contributed by atoms with Crippen molar-refractivity contribution in [2.45, 2.75) is 25.9 Å². The number of aromatic nitrogens is 1. The van der Waals surface area contributed by atoms with Gasteiger partial charge in [-0.05, 0) is 19.1 Å². The lowest BCUT2D eigenvalue weighted by Gasteiger charge is -2.26. The third kappa shape index (κ3) is 3.19. The summed E-state index contributed by atoms with van der Waals surface area (Å²) in [5, 5.41) is 3.26. The van der Waals surface area contributed by atoms with Gasteiger partial charge in [0.05, 0.1) is 19.4 Å². The van der Waals surface area contributed by atoms with Crippen LogP contribution in [-0.2, 0) is 13.0 Å². The van der Waals surface area contributed by atoms with E-state index in [2.05, 4.69) is 5.32 Å². The summed E-state index contributed by atoms with van der Waals surface area (Å²) in [4.78, 5) is 27.2. The smallest absolute Gasteiger partial charge is 0.259 e. The third-order valence-electron chi connectivity index (χ3n) is 4.72. The van der Waals surface area contributed by atoms with Crippen LogP contribution in [0.25, 0.3) is 0 Å². The van der Waals surface area contributed by atoms with Crippen LogP contribution in [0.2, 0.25) is 0 Å². The van der Waals surface area contributed by atoms with Gasteiger partial charge in [0.1, 0.15) is 17.1 Å². The Morgan fingerprint density at radius 1 is 1.44 bits per heavy atom. The van der Waals surface area contributed by atoms with Crippen molar-refractivity contribution < 1.29 is 13.9 Å². The molecule has 3 rings (SSSR count). The lowest BCUT2D eigenvalue weighted by Crippen LogP contribution is -2.34. The molecule has 1 amide bonds. The second kappa shape index (κ2) is 7.14. The maximum absolute atomic E-state index is 13.2. The quantitative estimate of drug-likeness (QED) is 0.907. The Morgan fingerprint density at radius 3 is 2.92 bits per heavy atom. The predicted molar refractivity (Wildman–Crippen MR) is 93.0 cm³/mol. The van der Waals surface area contributed by atoms with Gasteiger partial charge >= 0.3 is 0 Å². The van der Waals surface area contributed by atoms with Crippen LogP contribution in [0.3, 0.4) is 0 Å². The minimum Gasteiger partial charge on any atom is -0.496 e. The van der Waals surface area contributed by atoms with Crippen molar-refractivity contribution >= 4 is 5.91 Å². The van der Waals surface area contributed by atoms with Gasteiger partial charge < -0.3 is 23.9 Å². The third-order valence-corrected chi connectivity index (χ3v) is 4.72. The number of nitrogens with zero attached hydrogens (tertiary/aromatic N) is 2. The lowest BCUT2D eigenvalue weighted by atomic mass is 10.1. The summed E-state index contributed by atoms with van der Waals surface area (Å²) in [6, 6.07) is 4.80. The number of pyridine rings is 1. The molecule has 0 aromatic carbocycles. The number of hydrogen-bond acceptors (Lipinski definition) is 5. The van der Waals surface area contributed by atoms with E-state index >= 15 is 0 Å². The monoisotopic (exact) mass is 345 g/mol. The van der Waals surface area contributed by atoms with Gasteiger partial charge in [-0.1, -0.05) is 0 Å². The molecule has 1 unspecified atom stereocenters. The summed E-state index contributed by atoms with van der Waals surface area (Å²) >= 11 is 0. The fourth-order valence-electron chi connectivity index (χ4n) is 3.16. The normalized spacial score (nSPS) is 15.2. The van der Waals surface area contributed by atoms with Crippen LogP contribution in [-0.4, -0.2) is 42.6 Å². The van der Waals surface area contributed by atoms with Crippen molar-refractivity contribution in [3.05, 3.63) is 51.8 Å². The van der Waals surface area contributed by atoms with E-state index in [4.69, 9.17) is 9.15 Å². The van der Waals surface area contributed by atoms with Crippen LogP contribution in [0.5, 0.6) is 5.75 Å². The Morgan fingerprint density at radius 2 is 2.24 bits per heavy atom. The van der Waals surface area contributed by atoms with E-state index in [9.17, 15) is 9.59 Å². The summed E-state index contributed by atoms with van der Waals surface area (Å²) in [6.45, 7) is 3.85. The standard InChI is InChI=1S/C18H23N3O4/c1-12(14-5-4-10-25-14)20(2)18(23)17-13-6-7-19-8-9-21(13)16(22)11-15(17)24-3/h4-5,10-12,19H,6-9H2,1-3H3. The molecule has 1 aliphatic heterocycles. The van der Waals surface area contributed by atoms with Crippen molar-refractivity contribution in [1.82, 2.24) is 14.8 Å².